The van der Waals surface area contributed by atoms with Gasteiger partial charge in [-0.05, 0) is 43.4 Å². The Morgan fingerprint density at radius 3 is 3.24 bits per heavy atom. The van der Waals surface area contributed by atoms with Gasteiger partial charge in [0.1, 0.15) is 0 Å². The number of imidazole rings is 1. The van der Waals surface area contributed by atoms with E-state index in [2.05, 4.69) is 31.6 Å². The Morgan fingerprint density at radius 1 is 1.40 bits per heavy atom. The van der Waals surface area contributed by atoms with Crippen LogP contribution < -0.4 is 10.6 Å². The van der Waals surface area contributed by atoms with Gasteiger partial charge in [0.15, 0.2) is 0 Å². The number of fused-ring (bicyclic) bond motifs is 1. The van der Waals surface area contributed by atoms with Crippen molar-refractivity contribution in [2.75, 3.05) is 31.5 Å². The van der Waals surface area contributed by atoms with Crippen LogP contribution in [-0.4, -0.2) is 47.0 Å². The largest absolute Gasteiger partial charge is 0.384 e. The van der Waals surface area contributed by atoms with Crippen LogP contribution in [0, 0.1) is 5.92 Å². The first kappa shape index (κ1) is 16.1. The Morgan fingerprint density at radius 2 is 2.36 bits per heavy atom. The van der Waals surface area contributed by atoms with Gasteiger partial charge in [0.05, 0.1) is 17.6 Å². The predicted octanol–water partition coefficient (Wildman–Crippen LogP) is 2.02. The quantitative estimate of drug-likeness (QED) is 0.779. The molecule has 6 heteroatoms. The summed E-state index contributed by atoms with van der Waals surface area (Å²) in [5.41, 5.74) is 4.21. The van der Waals surface area contributed by atoms with Gasteiger partial charge in [-0.2, -0.15) is 0 Å². The average molecular weight is 339 g/mol. The van der Waals surface area contributed by atoms with E-state index in [1.807, 2.05) is 18.3 Å². The van der Waals surface area contributed by atoms with E-state index in [0.717, 1.165) is 68.9 Å². The molecular formula is C19H25N5O. The van der Waals surface area contributed by atoms with Gasteiger partial charge >= 0.3 is 0 Å². The molecule has 2 aliphatic heterocycles. The second-order valence-corrected chi connectivity index (χ2v) is 7.05. The Labute approximate surface area is 148 Å². The summed E-state index contributed by atoms with van der Waals surface area (Å²) < 4.78 is 0. The lowest BCUT2D eigenvalue weighted by Crippen LogP contribution is -2.32. The number of hydrogen-bond donors (Lipinski definition) is 3. The summed E-state index contributed by atoms with van der Waals surface area (Å²) in [5.74, 6) is 0.553. The monoisotopic (exact) mass is 339 g/mol. The van der Waals surface area contributed by atoms with E-state index in [0.29, 0.717) is 5.92 Å². The fraction of sp³-hybridized carbons (Fsp3) is 0.474. The van der Waals surface area contributed by atoms with Gasteiger partial charge < -0.3 is 15.6 Å². The van der Waals surface area contributed by atoms with Crippen LogP contribution in [0.15, 0.2) is 30.7 Å². The Kier molecular flexibility index (Phi) is 4.70. The summed E-state index contributed by atoms with van der Waals surface area (Å²) in [6, 6.07) is 6.02. The van der Waals surface area contributed by atoms with E-state index < -0.39 is 0 Å². The van der Waals surface area contributed by atoms with Gasteiger partial charge in [-0.1, -0.05) is 12.1 Å². The summed E-state index contributed by atoms with van der Waals surface area (Å²) >= 11 is 0. The van der Waals surface area contributed by atoms with Crippen molar-refractivity contribution in [1.82, 2.24) is 20.2 Å². The van der Waals surface area contributed by atoms with Gasteiger partial charge in [-0.25, -0.2) is 4.98 Å². The van der Waals surface area contributed by atoms with Crippen molar-refractivity contribution in [2.24, 2.45) is 5.92 Å². The topological polar surface area (TPSA) is 73.0 Å². The number of anilines is 1. The van der Waals surface area contributed by atoms with E-state index >= 15 is 0 Å². The number of carbonyl (C=O) groups excluding carboxylic acids is 1. The average Bonchev–Trinajstić information content (AvgIpc) is 3.31. The molecule has 4 rings (SSSR count). The van der Waals surface area contributed by atoms with Gasteiger partial charge in [0, 0.05) is 38.1 Å². The number of rotatable bonds is 5. The zero-order valence-corrected chi connectivity index (χ0v) is 14.4. The molecule has 0 bridgehead atoms. The molecule has 1 atom stereocenters. The Hall–Kier alpha value is -2.34. The highest BCUT2D eigenvalue weighted by molar-refractivity contribution is 6.00. The van der Waals surface area contributed by atoms with Crippen LogP contribution in [-0.2, 0) is 13.0 Å². The first-order valence-corrected chi connectivity index (χ1v) is 9.13. The number of aromatic amines is 1. The minimum Gasteiger partial charge on any atom is -0.384 e. The first-order chi connectivity index (χ1) is 12.3. The number of amides is 1. The molecule has 0 spiro atoms. The van der Waals surface area contributed by atoms with Crippen molar-refractivity contribution < 1.29 is 4.79 Å². The minimum absolute atomic E-state index is 0.0401. The van der Waals surface area contributed by atoms with Crippen molar-refractivity contribution in [3.63, 3.8) is 0 Å². The van der Waals surface area contributed by atoms with Crippen molar-refractivity contribution in [1.29, 1.82) is 0 Å². The molecule has 0 radical (unpaired) electrons. The third-order valence-corrected chi connectivity index (χ3v) is 5.19. The molecule has 1 amide bonds. The number of para-hydroxylation sites is 1. The molecule has 2 aliphatic rings. The third-order valence-electron chi connectivity index (χ3n) is 5.19. The number of aryl methyl sites for hydroxylation is 1. The molecule has 0 unspecified atom stereocenters. The molecule has 6 nitrogen and oxygen atoms in total. The summed E-state index contributed by atoms with van der Waals surface area (Å²) in [5, 5.41) is 6.54. The molecule has 1 aromatic carbocycles. The fourth-order valence-corrected chi connectivity index (χ4v) is 3.87. The third kappa shape index (κ3) is 3.69. The molecule has 1 aromatic heterocycles. The molecule has 1 saturated heterocycles. The van der Waals surface area contributed by atoms with Crippen molar-refractivity contribution in [3.05, 3.63) is 47.5 Å². The van der Waals surface area contributed by atoms with Crippen molar-refractivity contribution in [3.8, 4) is 0 Å². The van der Waals surface area contributed by atoms with Crippen LogP contribution in [0.1, 0.15) is 34.5 Å². The Bertz CT molecular complexity index is 727. The number of carbonyl (C=O) groups is 1. The first-order valence-electron chi connectivity index (χ1n) is 9.13. The summed E-state index contributed by atoms with van der Waals surface area (Å²) in [6.45, 7) is 4.68. The fourth-order valence-electron chi connectivity index (χ4n) is 3.87. The number of nitrogens with one attached hydrogen (secondary N) is 3. The number of aromatic nitrogens is 2. The Balaban J connectivity index is 1.31. The zero-order chi connectivity index (χ0) is 17.1. The van der Waals surface area contributed by atoms with Gasteiger partial charge in [-0.15, -0.1) is 0 Å². The molecule has 3 heterocycles. The molecule has 132 valence electrons. The van der Waals surface area contributed by atoms with Crippen LogP contribution in [0.3, 0.4) is 0 Å². The standard InChI is InChI=1S/C19H25N5O/c25-19(17-5-1-3-15-4-2-7-21-18(15)17)22-9-14-6-8-24(11-14)12-16-10-20-13-23-16/h1,3,5,10,13-14,21H,2,4,6-9,11-12H2,(H,20,23)(H,22,25)/t14-/m1/s1. The highest BCUT2D eigenvalue weighted by Crippen LogP contribution is 2.26. The second-order valence-electron chi connectivity index (χ2n) is 7.05. The second kappa shape index (κ2) is 7.27. The summed E-state index contributed by atoms with van der Waals surface area (Å²) in [4.78, 5) is 22.3. The van der Waals surface area contributed by atoms with Crippen molar-refractivity contribution in [2.45, 2.75) is 25.8 Å². The lowest BCUT2D eigenvalue weighted by atomic mass is 9.99. The van der Waals surface area contributed by atoms with Crippen LogP contribution in [0.5, 0.6) is 0 Å². The molecule has 0 aliphatic carbocycles. The predicted molar refractivity (Wildman–Crippen MR) is 97.6 cm³/mol. The van der Waals surface area contributed by atoms with Crippen LogP contribution >= 0.6 is 0 Å². The van der Waals surface area contributed by atoms with E-state index in [1.54, 1.807) is 6.33 Å². The maximum absolute atomic E-state index is 12.6. The SMILES string of the molecule is O=C(NC[C@H]1CCN(Cc2cnc[nH]2)C1)c1cccc2c1NCCC2. The number of nitrogens with zero attached hydrogens (tertiary/aromatic N) is 2. The van der Waals surface area contributed by atoms with Crippen LogP contribution in [0.4, 0.5) is 5.69 Å². The summed E-state index contributed by atoms with van der Waals surface area (Å²) in [6.07, 6.45) is 6.90. The maximum Gasteiger partial charge on any atom is 0.253 e. The van der Waals surface area contributed by atoms with E-state index in [1.165, 1.54) is 5.56 Å². The van der Waals surface area contributed by atoms with Crippen LogP contribution in [0.2, 0.25) is 0 Å². The number of likely N-dealkylation sites (tertiary alicyclic amines) is 1. The van der Waals surface area contributed by atoms with Gasteiger partial charge in [0.2, 0.25) is 0 Å². The number of hydrogen-bond acceptors (Lipinski definition) is 4. The molecule has 2 aromatic rings. The van der Waals surface area contributed by atoms with Gasteiger partial charge in [-0.3, -0.25) is 9.69 Å². The zero-order valence-electron chi connectivity index (χ0n) is 14.4. The summed E-state index contributed by atoms with van der Waals surface area (Å²) in [7, 11) is 0. The minimum atomic E-state index is 0.0401. The number of H-pyrrole nitrogens is 1. The van der Waals surface area contributed by atoms with Crippen LogP contribution in [0.25, 0.3) is 0 Å². The van der Waals surface area contributed by atoms with E-state index in [9.17, 15) is 4.79 Å². The highest BCUT2D eigenvalue weighted by atomic mass is 16.1. The lowest BCUT2D eigenvalue weighted by molar-refractivity contribution is 0.0948. The molecular weight excluding hydrogens is 314 g/mol. The van der Waals surface area contributed by atoms with Gasteiger partial charge in [0.25, 0.3) is 5.91 Å². The normalized spacial score (nSPS) is 20.1. The van der Waals surface area contributed by atoms with Crippen molar-refractivity contribution >= 4 is 11.6 Å². The molecule has 0 saturated carbocycles. The smallest absolute Gasteiger partial charge is 0.253 e. The maximum atomic E-state index is 12.6. The van der Waals surface area contributed by atoms with E-state index in [4.69, 9.17) is 0 Å². The molecule has 3 N–H and O–H groups in total. The lowest BCUT2D eigenvalue weighted by Gasteiger charge is -2.21. The number of benzene rings is 1. The molecule has 25 heavy (non-hydrogen) atoms. The molecule has 1 fully saturated rings. The van der Waals surface area contributed by atoms with E-state index in [-0.39, 0.29) is 5.91 Å². The highest BCUT2D eigenvalue weighted by Gasteiger charge is 2.24.